The normalized spacial score (nSPS) is 18.2. The van der Waals surface area contributed by atoms with Crippen LogP contribution in [-0.4, -0.2) is 38.1 Å². The van der Waals surface area contributed by atoms with Crippen LogP contribution in [0.5, 0.6) is 5.75 Å². The van der Waals surface area contributed by atoms with Crippen molar-refractivity contribution in [1.29, 1.82) is 0 Å². The van der Waals surface area contributed by atoms with Gasteiger partial charge in [-0.3, -0.25) is 4.99 Å². The van der Waals surface area contributed by atoms with Crippen molar-refractivity contribution in [2.75, 3.05) is 27.2 Å². The fraction of sp³-hybridized carbons (Fsp3) is 0.562. The molecule has 4 heteroatoms. The summed E-state index contributed by atoms with van der Waals surface area (Å²) < 4.78 is 5.17. The Bertz CT molecular complexity index is 465. The van der Waals surface area contributed by atoms with E-state index in [0.717, 1.165) is 31.3 Å². The smallest absolute Gasteiger partial charge is 0.193 e. The number of rotatable bonds is 3. The summed E-state index contributed by atoms with van der Waals surface area (Å²) in [6, 6.07) is 8.12. The van der Waals surface area contributed by atoms with Gasteiger partial charge in [0.25, 0.3) is 0 Å². The standard InChI is InChI=1S/C16H25N3O/c1-16(2)9-10-19(12-16)15(17-3)18-11-13-5-7-14(20-4)8-6-13/h5-8H,9-12H2,1-4H3,(H,17,18). The highest BCUT2D eigenvalue weighted by molar-refractivity contribution is 5.80. The second-order valence-electron chi connectivity index (χ2n) is 6.08. The van der Waals surface area contributed by atoms with E-state index in [1.54, 1.807) is 7.11 Å². The third-order valence-corrected chi connectivity index (χ3v) is 3.80. The van der Waals surface area contributed by atoms with E-state index in [0.29, 0.717) is 5.41 Å². The van der Waals surface area contributed by atoms with Gasteiger partial charge in [-0.25, -0.2) is 0 Å². The number of nitrogens with zero attached hydrogens (tertiary/aromatic N) is 2. The van der Waals surface area contributed by atoms with Gasteiger partial charge in [0.1, 0.15) is 5.75 Å². The molecule has 1 fully saturated rings. The molecular formula is C16H25N3O. The predicted octanol–water partition coefficient (Wildman–Crippen LogP) is 2.50. The van der Waals surface area contributed by atoms with Gasteiger partial charge in [0.05, 0.1) is 7.11 Å². The number of likely N-dealkylation sites (tertiary alicyclic amines) is 1. The first kappa shape index (κ1) is 14.7. The topological polar surface area (TPSA) is 36.9 Å². The Kier molecular flexibility index (Phi) is 4.53. The van der Waals surface area contributed by atoms with E-state index in [1.807, 2.05) is 19.2 Å². The van der Waals surface area contributed by atoms with Crippen LogP contribution in [0.1, 0.15) is 25.8 Å². The van der Waals surface area contributed by atoms with Crippen LogP contribution < -0.4 is 10.1 Å². The van der Waals surface area contributed by atoms with E-state index >= 15 is 0 Å². The molecule has 0 saturated carbocycles. The highest BCUT2D eigenvalue weighted by Gasteiger charge is 2.30. The molecule has 1 saturated heterocycles. The molecule has 1 aromatic rings. The van der Waals surface area contributed by atoms with Crippen molar-refractivity contribution in [2.24, 2.45) is 10.4 Å². The summed E-state index contributed by atoms with van der Waals surface area (Å²) in [6.07, 6.45) is 1.22. The molecule has 0 atom stereocenters. The largest absolute Gasteiger partial charge is 0.497 e. The van der Waals surface area contributed by atoms with Crippen LogP contribution in [-0.2, 0) is 6.54 Å². The monoisotopic (exact) mass is 275 g/mol. The maximum absolute atomic E-state index is 5.17. The highest BCUT2D eigenvalue weighted by atomic mass is 16.5. The number of nitrogens with one attached hydrogen (secondary N) is 1. The maximum atomic E-state index is 5.17. The first-order valence-corrected chi connectivity index (χ1v) is 7.12. The summed E-state index contributed by atoms with van der Waals surface area (Å²) in [5, 5.41) is 3.44. The molecule has 0 amide bonds. The van der Waals surface area contributed by atoms with E-state index in [2.05, 4.69) is 41.2 Å². The Morgan fingerprint density at radius 2 is 2.05 bits per heavy atom. The molecule has 0 radical (unpaired) electrons. The average Bonchev–Trinajstić information content (AvgIpc) is 2.80. The van der Waals surface area contributed by atoms with Gasteiger partial charge in [-0.15, -0.1) is 0 Å². The molecule has 1 heterocycles. The molecule has 1 N–H and O–H groups in total. The number of hydrogen-bond acceptors (Lipinski definition) is 2. The molecule has 0 aromatic heterocycles. The van der Waals surface area contributed by atoms with Gasteiger partial charge >= 0.3 is 0 Å². The van der Waals surface area contributed by atoms with Gasteiger partial charge in [-0.1, -0.05) is 26.0 Å². The van der Waals surface area contributed by atoms with Crippen LogP contribution in [0.15, 0.2) is 29.3 Å². The summed E-state index contributed by atoms with van der Waals surface area (Å²) in [5.41, 5.74) is 1.61. The second-order valence-corrected chi connectivity index (χ2v) is 6.08. The van der Waals surface area contributed by atoms with Gasteiger partial charge in [-0.2, -0.15) is 0 Å². The van der Waals surface area contributed by atoms with Crippen molar-refractivity contribution in [3.05, 3.63) is 29.8 Å². The van der Waals surface area contributed by atoms with Crippen molar-refractivity contribution < 1.29 is 4.74 Å². The lowest BCUT2D eigenvalue weighted by Crippen LogP contribution is -2.40. The number of guanidine groups is 1. The minimum atomic E-state index is 0.387. The predicted molar refractivity (Wildman–Crippen MR) is 83.2 cm³/mol. The van der Waals surface area contributed by atoms with Crippen LogP contribution in [0.25, 0.3) is 0 Å². The molecule has 0 bridgehead atoms. The van der Waals surface area contributed by atoms with Gasteiger partial charge in [0.15, 0.2) is 5.96 Å². The zero-order valence-electron chi connectivity index (χ0n) is 12.9. The summed E-state index contributed by atoms with van der Waals surface area (Å²) >= 11 is 0. The molecule has 110 valence electrons. The zero-order chi connectivity index (χ0) is 14.6. The van der Waals surface area contributed by atoms with Crippen molar-refractivity contribution >= 4 is 5.96 Å². The summed E-state index contributed by atoms with van der Waals surface area (Å²) in [6.45, 7) is 7.55. The number of aliphatic imine (C=N–C) groups is 1. The van der Waals surface area contributed by atoms with Gasteiger partial charge in [0.2, 0.25) is 0 Å². The Morgan fingerprint density at radius 3 is 2.55 bits per heavy atom. The SMILES string of the molecule is CN=C(NCc1ccc(OC)cc1)N1CCC(C)(C)C1. The van der Waals surface area contributed by atoms with Crippen molar-refractivity contribution in [3.63, 3.8) is 0 Å². The quantitative estimate of drug-likeness (QED) is 0.680. The van der Waals surface area contributed by atoms with E-state index in [-0.39, 0.29) is 0 Å². The third-order valence-electron chi connectivity index (χ3n) is 3.80. The molecule has 1 aliphatic rings. The van der Waals surface area contributed by atoms with Gasteiger partial charge in [-0.05, 0) is 29.5 Å². The molecule has 20 heavy (non-hydrogen) atoms. The molecule has 2 rings (SSSR count). The molecule has 1 aliphatic heterocycles. The Balaban J connectivity index is 1.91. The van der Waals surface area contributed by atoms with Crippen molar-refractivity contribution in [1.82, 2.24) is 10.2 Å². The molecule has 4 nitrogen and oxygen atoms in total. The zero-order valence-corrected chi connectivity index (χ0v) is 12.9. The Morgan fingerprint density at radius 1 is 1.35 bits per heavy atom. The van der Waals surface area contributed by atoms with Crippen molar-refractivity contribution in [2.45, 2.75) is 26.8 Å². The average molecular weight is 275 g/mol. The summed E-state index contributed by atoms with van der Waals surface area (Å²) in [4.78, 5) is 6.73. The maximum Gasteiger partial charge on any atom is 0.193 e. The lowest BCUT2D eigenvalue weighted by molar-refractivity contribution is 0.370. The minimum Gasteiger partial charge on any atom is -0.497 e. The van der Waals surface area contributed by atoms with Crippen LogP contribution in [0.4, 0.5) is 0 Å². The fourth-order valence-electron chi connectivity index (χ4n) is 2.55. The highest BCUT2D eigenvalue weighted by Crippen LogP contribution is 2.28. The number of methoxy groups -OCH3 is 1. The lowest BCUT2D eigenvalue weighted by Gasteiger charge is -2.23. The van der Waals surface area contributed by atoms with Crippen LogP contribution in [0.3, 0.4) is 0 Å². The minimum absolute atomic E-state index is 0.387. The fourth-order valence-corrected chi connectivity index (χ4v) is 2.55. The number of ether oxygens (including phenoxy) is 1. The summed E-state index contributed by atoms with van der Waals surface area (Å²) in [5.74, 6) is 1.88. The van der Waals surface area contributed by atoms with Crippen molar-refractivity contribution in [3.8, 4) is 5.75 Å². The van der Waals surface area contributed by atoms with Gasteiger partial charge in [0, 0.05) is 26.7 Å². The van der Waals surface area contributed by atoms with Crippen LogP contribution >= 0.6 is 0 Å². The number of hydrogen-bond donors (Lipinski definition) is 1. The number of benzene rings is 1. The van der Waals surface area contributed by atoms with E-state index < -0.39 is 0 Å². The Labute approximate surface area is 121 Å². The molecule has 0 spiro atoms. The lowest BCUT2D eigenvalue weighted by atomic mass is 9.93. The van der Waals surface area contributed by atoms with Crippen LogP contribution in [0, 0.1) is 5.41 Å². The first-order chi connectivity index (χ1) is 9.54. The van der Waals surface area contributed by atoms with E-state index in [9.17, 15) is 0 Å². The second kappa shape index (κ2) is 6.16. The molecule has 1 aromatic carbocycles. The van der Waals surface area contributed by atoms with Crippen LogP contribution in [0.2, 0.25) is 0 Å². The molecule has 0 aliphatic carbocycles. The Hall–Kier alpha value is -1.71. The molecule has 0 unspecified atom stereocenters. The summed E-state index contributed by atoms with van der Waals surface area (Å²) in [7, 11) is 3.53. The van der Waals surface area contributed by atoms with E-state index in [4.69, 9.17) is 4.74 Å². The third kappa shape index (κ3) is 3.65. The van der Waals surface area contributed by atoms with Gasteiger partial charge < -0.3 is 15.0 Å². The molecular weight excluding hydrogens is 250 g/mol. The van der Waals surface area contributed by atoms with E-state index in [1.165, 1.54) is 12.0 Å². The first-order valence-electron chi connectivity index (χ1n) is 7.12.